The number of carbonyl (C=O) groups is 1. The first-order valence-corrected chi connectivity index (χ1v) is 5.38. The lowest BCUT2D eigenvalue weighted by atomic mass is 10.1. The van der Waals surface area contributed by atoms with Gasteiger partial charge in [0.05, 0.1) is 20.0 Å². The summed E-state index contributed by atoms with van der Waals surface area (Å²) in [5.74, 6) is -0.537. The molecule has 0 aromatic carbocycles. The van der Waals surface area contributed by atoms with Gasteiger partial charge < -0.3 is 15.2 Å². The summed E-state index contributed by atoms with van der Waals surface area (Å²) in [7, 11) is 2.74. The van der Waals surface area contributed by atoms with Crippen molar-refractivity contribution in [3.8, 4) is 0 Å². The zero-order valence-electron chi connectivity index (χ0n) is 10.6. The lowest BCUT2D eigenvalue weighted by Crippen LogP contribution is -2.24. The van der Waals surface area contributed by atoms with Crippen molar-refractivity contribution in [1.82, 2.24) is 4.57 Å². The van der Waals surface area contributed by atoms with Gasteiger partial charge in [0.15, 0.2) is 0 Å². The highest BCUT2D eigenvalue weighted by Crippen LogP contribution is 2.17. The van der Waals surface area contributed by atoms with Crippen molar-refractivity contribution in [2.75, 3.05) is 19.5 Å². The van der Waals surface area contributed by atoms with Crippen molar-refractivity contribution in [3.05, 3.63) is 33.8 Å². The van der Waals surface area contributed by atoms with Crippen molar-refractivity contribution in [1.29, 1.82) is 0 Å². The van der Waals surface area contributed by atoms with E-state index in [9.17, 15) is 9.59 Å². The minimum Gasteiger partial charge on any atom is -0.501 e. The molecular formula is C12H16N2O4. The molecule has 98 valence electrons. The fourth-order valence-electron chi connectivity index (χ4n) is 1.41. The van der Waals surface area contributed by atoms with E-state index in [1.807, 2.05) is 6.92 Å². The minimum absolute atomic E-state index is 0.0606. The van der Waals surface area contributed by atoms with Crippen LogP contribution in [0.15, 0.2) is 17.1 Å². The third-order valence-corrected chi connectivity index (χ3v) is 2.42. The molecule has 0 saturated carbocycles. The van der Waals surface area contributed by atoms with Crippen molar-refractivity contribution in [2.24, 2.45) is 7.05 Å². The van der Waals surface area contributed by atoms with Gasteiger partial charge in [-0.05, 0) is 13.0 Å². The zero-order valence-corrected chi connectivity index (χ0v) is 10.6. The van der Waals surface area contributed by atoms with Crippen LogP contribution in [0.5, 0.6) is 0 Å². The third-order valence-electron chi connectivity index (χ3n) is 2.42. The maximum absolute atomic E-state index is 11.7. The van der Waals surface area contributed by atoms with Gasteiger partial charge in [0.2, 0.25) is 0 Å². The minimum atomic E-state index is -0.598. The Kier molecular flexibility index (Phi) is 4.53. The molecule has 0 radical (unpaired) electrons. The molecule has 6 heteroatoms. The van der Waals surface area contributed by atoms with Crippen molar-refractivity contribution < 1.29 is 14.3 Å². The summed E-state index contributed by atoms with van der Waals surface area (Å²) in [5.41, 5.74) is 5.96. The molecule has 6 nitrogen and oxygen atoms in total. The van der Waals surface area contributed by atoms with Crippen molar-refractivity contribution in [3.63, 3.8) is 0 Å². The van der Waals surface area contributed by atoms with E-state index in [0.717, 1.165) is 0 Å². The zero-order chi connectivity index (χ0) is 13.7. The summed E-state index contributed by atoms with van der Waals surface area (Å²) in [4.78, 5) is 23.3. The molecule has 0 bridgehead atoms. The summed E-state index contributed by atoms with van der Waals surface area (Å²) in [5, 5.41) is 0. The van der Waals surface area contributed by atoms with Gasteiger partial charge in [0.1, 0.15) is 11.4 Å². The van der Waals surface area contributed by atoms with Gasteiger partial charge in [-0.1, -0.05) is 0 Å². The predicted molar refractivity (Wildman–Crippen MR) is 68.1 cm³/mol. The predicted octanol–water partition coefficient (Wildman–Crippen LogP) is 0.761. The lowest BCUT2D eigenvalue weighted by Gasteiger charge is -2.11. The first kappa shape index (κ1) is 13.8. The lowest BCUT2D eigenvalue weighted by molar-refractivity contribution is 0.0601. The Hall–Kier alpha value is -2.24. The average Bonchev–Trinajstić information content (AvgIpc) is 2.36. The largest absolute Gasteiger partial charge is 0.501 e. The number of aromatic nitrogens is 1. The second-order valence-electron chi connectivity index (χ2n) is 3.51. The molecule has 1 rings (SSSR count). The Labute approximate surface area is 105 Å². The SMILES string of the molecule is CCO/C=C/c1cc(=O)n(C)c(N)c1C(=O)OC. The molecular weight excluding hydrogens is 236 g/mol. The van der Waals surface area contributed by atoms with Crippen LogP contribution in [-0.2, 0) is 16.5 Å². The van der Waals surface area contributed by atoms with Crippen LogP contribution >= 0.6 is 0 Å². The molecule has 1 heterocycles. The Morgan fingerprint density at radius 1 is 1.56 bits per heavy atom. The van der Waals surface area contributed by atoms with Crippen LogP contribution in [0.3, 0.4) is 0 Å². The molecule has 0 aliphatic rings. The molecule has 0 spiro atoms. The topological polar surface area (TPSA) is 83.5 Å². The summed E-state index contributed by atoms with van der Waals surface area (Å²) in [6, 6.07) is 1.30. The second-order valence-corrected chi connectivity index (χ2v) is 3.51. The normalized spacial score (nSPS) is 10.6. The monoisotopic (exact) mass is 252 g/mol. The Morgan fingerprint density at radius 2 is 2.22 bits per heavy atom. The molecule has 1 aromatic rings. The molecule has 0 aliphatic carbocycles. The number of nitrogen functional groups attached to an aromatic ring is 1. The molecule has 0 amide bonds. The maximum atomic E-state index is 11.7. The quantitative estimate of drug-likeness (QED) is 0.631. The standard InChI is InChI=1S/C12H16N2O4/c1-4-18-6-5-8-7-9(15)14(2)11(13)10(8)12(16)17-3/h5-7H,4,13H2,1-3H3/b6-5+. The smallest absolute Gasteiger partial charge is 0.342 e. The number of nitrogens with zero attached hydrogens (tertiary/aromatic N) is 1. The molecule has 0 atom stereocenters. The van der Waals surface area contributed by atoms with Gasteiger partial charge in [-0.25, -0.2) is 4.79 Å². The van der Waals surface area contributed by atoms with Gasteiger partial charge in [0, 0.05) is 18.7 Å². The molecule has 0 saturated heterocycles. The van der Waals surface area contributed by atoms with Gasteiger partial charge in [-0.3, -0.25) is 9.36 Å². The first-order valence-electron chi connectivity index (χ1n) is 5.38. The summed E-state index contributed by atoms with van der Waals surface area (Å²) in [6.45, 7) is 2.31. The van der Waals surface area contributed by atoms with Gasteiger partial charge in [-0.2, -0.15) is 0 Å². The van der Waals surface area contributed by atoms with E-state index in [2.05, 4.69) is 4.74 Å². The number of rotatable bonds is 4. The molecule has 0 aliphatic heterocycles. The average molecular weight is 252 g/mol. The number of hydrogen-bond acceptors (Lipinski definition) is 5. The van der Waals surface area contributed by atoms with E-state index >= 15 is 0 Å². The van der Waals surface area contributed by atoms with Crippen LogP contribution < -0.4 is 11.3 Å². The van der Waals surface area contributed by atoms with E-state index in [4.69, 9.17) is 10.5 Å². The number of methoxy groups -OCH3 is 1. The number of hydrogen-bond donors (Lipinski definition) is 1. The number of nitrogens with two attached hydrogens (primary N) is 1. The van der Waals surface area contributed by atoms with Crippen LogP contribution in [0.4, 0.5) is 5.82 Å². The van der Waals surface area contributed by atoms with Gasteiger partial charge >= 0.3 is 5.97 Å². The van der Waals surface area contributed by atoms with Gasteiger partial charge in [0.25, 0.3) is 5.56 Å². The second kappa shape index (κ2) is 5.90. The Bertz CT molecular complexity index is 532. The number of pyridine rings is 1. The third kappa shape index (κ3) is 2.71. The molecule has 0 fully saturated rings. The Morgan fingerprint density at radius 3 is 2.78 bits per heavy atom. The van der Waals surface area contributed by atoms with Gasteiger partial charge in [-0.15, -0.1) is 0 Å². The highest BCUT2D eigenvalue weighted by Gasteiger charge is 2.17. The highest BCUT2D eigenvalue weighted by atomic mass is 16.5. The molecule has 2 N–H and O–H groups in total. The van der Waals surface area contributed by atoms with Crippen LogP contribution in [0.1, 0.15) is 22.8 Å². The van der Waals surface area contributed by atoms with Crippen molar-refractivity contribution >= 4 is 17.9 Å². The first-order chi connectivity index (χ1) is 8.52. The fraction of sp³-hybridized carbons (Fsp3) is 0.333. The van der Waals surface area contributed by atoms with E-state index in [1.165, 1.54) is 37.1 Å². The van der Waals surface area contributed by atoms with E-state index in [1.54, 1.807) is 0 Å². The fourth-order valence-corrected chi connectivity index (χ4v) is 1.41. The van der Waals surface area contributed by atoms with E-state index in [-0.39, 0.29) is 16.9 Å². The number of carbonyl (C=O) groups excluding carboxylic acids is 1. The van der Waals surface area contributed by atoms with Crippen LogP contribution in [0.25, 0.3) is 6.08 Å². The number of ether oxygens (including phenoxy) is 2. The molecule has 0 unspecified atom stereocenters. The van der Waals surface area contributed by atoms with E-state index < -0.39 is 5.97 Å². The molecule has 1 aromatic heterocycles. The maximum Gasteiger partial charge on any atom is 0.342 e. The van der Waals surface area contributed by atoms with E-state index in [0.29, 0.717) is 12.2 Å². The Balaban J connectivity index is 3.39. The summed E-state index contributed by atoms with van der Waals surface area (Å²) >= 11 is 0. The summed E-state index contributed by atoms with van der Waals surface area (Å²) in [6.07, 6.45) is 2.91. The number of anilines is 1. The van der Waals surface area contributed by atoms with Crippen LogP contribution in [0.2, 0.25) is 0 Å². The molecule has 18 heavy (non-hydrogen) atoms. The van der Waals surface area contributed by atoms with Crippen LogP contribution in [-0.4, -0.2) is 24.3 Å². The summed E-state index contributed by atoms with van der Waals surface area (Å²) < 4.78 is 10.9. The highest BCUT2D eigenvalue weighted by molar-refractivity contribution is 5.98. The van der Waals surface area contributed by atoms with Crippen molar-refractivity contribution in [2.45, 2.75) is 6.92 Å². The number of esters is 1. The van der Waals surface area contributed by atoms with Crippen LogP contribution in [0, 0.1) is 0 Å².